The number of hydrogen-bond acceptors (Lipinski definition) is 3. The lowest BCUT2D eigenvalue weighted by Crippen LogP contribution is -2.41. The van der Waals surface area contributed by atoms with Gasteiger partial charge in [-0.1, -0.05) is 20.8 Å². The van der Waals surface area contributed by atoms with Crippen LogP contribution in [0.1, 0.15) is 40.5 Å². The molecule has 1 saturated heterocycles. The number of nitrogens with one attached hydrogen (secondary N) is 1. The number of rotatable bonds is 4. The number of hydrogen-bond donors (Lipinski definition) is 2. The third-order valence-corrected chi connectivity index (χ3v) is 3.47. The minimum Gasteiger partial charge on any atom is -0.481 e. The second-order valence-electron chi connectivity index (χ2n) is 6.95. The maximum absolute atomic E-state index is 11.9. The lowest BCUT2D eigenvalue weighted by Gasteiger charge is -2.21. The van der Waals surface area contributed by atoms with Gasteiger partial charge < -0.3 is 15.3 Å². The van der Waals surface area contributed by atoms with Crippen LogP contribution in [0.2, 0.25) is 0 Å². The van der Waals surface area contributed by atoms with E-state index in [9.17, 15) is 14.4 Å². The van der Waals surface area contributed by atoms with Gasteiger partial charge in [-0.25, -0.2) is 0 Å². The first kappa shape index (κ1) is 16.5. The Kier molecular flexibility index (Phi) is 4.78. The molecule has 0 saturated carbocycles. The Morgan fingerprint density at radius 3 is 2.35 bits per heavy atom. The Morgan fingerprint density at radius 1 is 1.30 bits per heavy atom. The molecule has 2 N–H and O–H groups in total. The van der Waals surface area contributed by atoms with E-state index in [0.29, 0.717) is 19.4 Å². The molecule has 0 spiro atoms. The average Bonchev–Trinajstić information content (AvgIpc) is 2.68. The molecule has 0 bridgehead atoms. The van der Waals surface area contributed by atoms with E-state index >= 15 is 0 Å². The number of amides is 2. The minimum absolute atomic E-state index is 0.0649. The molecule has 1 heterocycles. The van der Waals surface area contributed by atoms with Crippen LogP contribution in [0.5, 0.6) is 0 Å². The van der Waals surface area contributed by atoms with Crippen molar-refractivity contribution in [2.45, 2.75) is 40.5 Å². The maximum atomic E-state index is 11.9. The molecule has 0 aromatic rings. The van der Waals surface area contributed by atoms with Crippen molar-refractivity contribution in [2.24, 2.45) is 10.8 Å². The number of carbonyl (C=O) groups excluding carboxylic acids is 2. The third-order valence-electron chi connectivity index (χ3n) is 3.47. The minimum atomic E-state index is -0.885. The summed E-state index contributed by atoms with van der Waals surface area (Å²) in [5.74, 6) is -1.27. The molecule has 0 aromatic heterocycles. The topological polar surface area (TPSA) is 86.7 Å². The fourth-order valence-corrected chi connectivity index (χ4v) is 2.18. The van der Waals surface area contributed by atoms with Crippen LogP contribution in [0.4, 0.5) is 0 Å². The van der Waals surface area contributed by atoms with Crippen LogP contribution in [0.25, 0.3) is 0 Å². The number of carboxylic acids is 1. The van der Waals surface area contributed by atoms with Crippen molar-refractivity contribution in [3.63, 3.8) is 0 Å². The van der Waals surface area contributed by atoms with Gasteiger partial charge in [-0.2, -0.15) is 0 Å². The van der Waals surface area contributed by atoms with E-state index in [4.69, 9.17) is 5.11 Å². The molecule has 1 aliphatic heterocycles. The molecule has 20 heavy (non-hydrogen) atoms. The van der Waals surface area contributed by atoms with Gasteiger partial charge in [0.05, 0.1) is 12.0 Å². The summed E-state index contributed by atoms with van der Waals surface area (Å²) in [7, 11) is 0. The Hall–Kier alpha value is -1.59. The van der Waals surface area contributed by atoms with Gasteiger partial charge in [0.25, 0.3) is 0 Å². The molecule has 0 aromatic carbocycles. The van der Waals surface area contributed by atoms with Gasteiger partial charge in [0.15, 0.2) is 0 Å². The highest BCUT2D eigenvalue weighted by atomic mass is 16.4. The predicted molar refractivity (Wildman–Crippen MR) is 74.0 cm³/mol. The predicted octanol–water partition coefficient (Wildman–Crippen LogP) is 0.862. The van der Waals surface area contributed by atoms with Crippen LogP contribution >= 0.6 is 0 Å². The standard InChI is InChI=1S/C14H24N2O4/c1-13(2,3)7-10(17)15-8-11(18)16-6-5-14(4,9-16)12(19)20/h5-9H2,1-4H3,(H,15,17)(H,19,20). The second kappa shape index (κ2) is 5.81. The van der Waals surface area contributed by atoms with E-state index in [0.717, 1.165) is 0 Å². The third kappa shape index (κ3) is 4.51. The summed E-state index contributed by atoms with van der Waals surface area (Å²) in [6, 6.07) is 0. The average molecular weight is 284 g/mol. The SMILES string of the molecule is CC(C)(C)CC(=O)NCC(=O)N1CCC(C)(C(=O)O)C1. The van der Waals surface area contributed by atoms with Gasteiger partial charge in [0.2, 0.25) is 11.8 Å². The molecule has 1 atom stereocenters. The summed E-state index contributed by atoms with van der Waals surface area (Å²) < 4.78 is 0. The number of likely N-dealkylation sites (tertiary alicyclic amines) is 1. The van der Waals surface area contributed by atoms with E-state index in [-0.39, 0.29) is 30.3 Å². The Balaban J connectivity index is 2.42. The van der Waals surface area contributed by atoms with Gasteiger partial charge >= 0.3 is 5.97 Å². The van der Waals surface area contributed by atoms with E-state index in [2.05, 4.69) is 5.32 Å². The van der Waals surface area contributed by atoms with Crippen LogP contribution in [0, 0.1) is 10.8 Å². The molecule has 0 radical (unpaired) electrons. The van der Waals surface area contributed by atoms with Crippen molar-refractivity contribution < 1.29 is 19.5 Å². The van der Waals surface area contributed by atoms with Gasteiger partial charge in [-0.3, -0.25) is 14.4 Å². The van der Waals surface area contributed by atoms with Crippen molar-refractivity contribution >= 4 is 17.8 Å². The normalized spacial score (nSPS) is 22.7. The van der Waals surface area contributed by atoms with Crippen LogP contribution in [0.3, 0.4) is 0 Å². The van der Waals surface area contributed by atoms with Gasteiger partial charge in [-0.05, 0) is 18.8 Å². The fraction of sp³-hybridized carbons (Fsp3) is 0.786. The molecule has 1 aliphatic rings. The lowest BCUT2D eigenvalue weighted by atomic mass is 9.90. The summed E-state index contributed by atoms with van der Waals surface area (Å²) in [4.78, 5) is 36.2. The van der Waals surface area contributed by atoms with Crippen molar-refractivity contribution in [1.29, 1.82) is 0 Å². The first-order valence-electron chi connectivity index (χ1n) is 6.81. The van der Waals surface area contributed by atoms with Crippen LogP contribution in [0.15, 0.2) is 0 Å². The zero-order valence-electron chi connectivity index (χ0n) is 12.7. The molecule has 1 fully saturated rings. The number of carbonyl (C=O) groups is 3. The van der Waals surface area contributed by atoms with E-state index in [1.165, 1.54) is 4.90 Å². The summed E-state index contributed by atoms with van der Waals surface area (Å²) in [6.45, 7) is 8.06. The smallest absolute Gasteiger partial charge is 0.311 e. The molecule has 0 aliphatic carbocycles. The van der Waals surface area contributed by atoms with E-state index < -0.39 is 11.4 Å². The monoisotopic (exact) mass is 284 g/mol. The van der Waals surface area contributed by atoms with Gasteiger partial charge in [0.1, 0.15) is 0 Å². The van der Waals surface area contributed by atoms with Crippen LogP contribution in [-0.2, 0) is 14.4 Å². The summed E-state index contributed by atoms with van der Waals surface area (Å²) in [6.07, 6.45) is 0.803. The Bertz CT molecular complexity index is 414. The molecule has 1 rings (SSSR count). The first-order chi connectivity index (χ1) is 9.03. The van der Waals surface area contributed by atoms with Gasteiger partial charge in [0, 0.05) is 19.5 Å². The zero-order chi connectivity index (χ0) is 15.6. The fourth-order valence-electron chi connectivity index (χ4n) is 2.18. The highest BCUT2D eigenvalue weighted by Crippen LogP contribution is 2.29. The van der Waals surface area contributed by atoms with E-state index in [1.54, 1.807) is 6.92 Å². The van der Waals surface area contributed by atoms with Crippen molar-refractivity contribution in [2.75, 3.05) is 19.6 Å². The number of nitrogens with zero attached hydrogens (tertiary/aromatic N) is 1. The highest BCUT2D eigenvalue weighted by Gasteiger charge is 2.41. The van der Waals surface area contributed by atoms with E-state index in [1.807, 2.05) is 20.8 Å². The van der Waals surface area contributed by atoms with Crippen LogP contribution in [-0.4, -0.2) is 47.4 Å². The zero-order valence-corrected chi connectivity index (χ0v) is 12.7. The molecule has 6 heteroatoms. The first-order valence-corrected chi connectivity index (χ1v) is 6.81. The summed E-state index contributed by atoms with van der Waals surface area (Å²) in [5.41, 5.74) is -0.992. The van der Waals surface area contributed by atoms with Gasteiger partial charge in [-0.15, -0.1) is 0 Å². The summed E-state index contributed by atoms with van der Waals surface area (Å²) >= 11 is 0. The van der Waals surface area contributed by atoms with Crippen LogP contribution < -0.4 is 5.32 Å². The Morgan fingerprint density at radius 2 is 1.90 bits per heavy atom. The summed E-state index contributed by atoms with van der Waals surface area (Å²) in [5, 5.41) is 11.7. The lowest BCUT2D eigenvalue weighted by molar-refractivity contribution is -0.147. The highest BCUT2D eigenvalue weighted by molar-refractivity contribution is 5.86. The second-order valence-corrected chi connectivity index (χ2v) is 6.95. The number of aliphatic carboxylic acids is 1. The number of carboxylic acid groups (broad SMARTS) is 1. The van der Waals surface area contributed by atoms with Crippen molar-refractivity contribution in [3.05, 3.63) is 0 Å². The maximum Gasteiger partial charge on any atom is 0.311 e. The molecule has 2 amide bonds. The molecular formula is C14H24N2O4. The Labute approximate surface area is 119 Å². The van der Waals surface area contributed by atoms with Crippen molar-refractivity contribution in [1.82, 2.24) is 10.2 Å². The molecular weight excluding hydrogens is 260 g/mol. The van der Waals surface area contributed by atoms with Crippen molar-refractivity contribution in [3.8, 4) is 0 Å². The molecule has 1 unspecified atom stereocenters. The molecule has 6 nitrogen and oxygen atoms in total. The largest absolute Gasteiger partial charge is 0.481 e. The quantitative estimate of drug-likeness (QED) is 0.801. The molecule has 114 valence electrons.